The Morgan fingerprint density at radius 1 is 1.12 bits per heavy atom. The molecule has 0 unspecified atom stereocenters. The summed E-state index contributed by atoms with van der Waals surface area (Å²) in [5, 5.41) is 2.83. The number of ketones is 1. The van der Waals surface area contributed by atoms with Crippen molar-refractivity contribution >= 4 is 34.5 Å². The number of carbonyl (C=O) groups is 4. The summed E-state index contributed by atoms with van der Waals surface area (Å²) in [6, 6.07) is 5.29. The highest BCUT2D eigenvalue weighted by atomic mass is 19.2. The fourth-order valence-corrected chi connectivity index (χ4v) is 5.34. The van der Waals surface area contributed by atoms with Crippen LogP contribution in [0.2, 0.25) is 0 Å². The second-order valence-electron chi connectivity index (χ2n) is 10.3. The topological polar surface area (TPSA) is 134 Å². The molecule has 1 N–H and O–H groups in total. The van der Waals surface area contributed by atoms with Gasteiger partial charge < -0.3 is 24.2 Å². The molecule has 3 aromatic rings. The van der Waals surface area contributed by atoms with Crippen LogP contribution < -0.4 is 10.9 Å². The molecular formula is C29H27F2N3O7. The quantitative estimate of drug-likeness (QED) is 0.321. The van der Waals surface area contributed by atoms with Crippen molar-refractivity contribution in [1.82, 2.24) is 14.9 Å². The van der Waals surface area contributed by atoms with Crippen LogP contribution in [0.15, 0.2) is 29.1 Å². The molecule has 0 bridgehead atoms. The first-order valence-corrected chi connectivity index (χ1v) is 13.2. The summed E-state index contributed by atoms with van der Waals surface area (Å²) in [4.78, 5) is 66.9. The summed E-state index contributed by atoms with van der Waals surface area (Å²) in [7, 11) is 0. The molecule has 2 aliphatic rings. The zero-order valence-electron chi connectivity index (χ0n) is 22.5. The fourth-order valence-electron chi connectivity index (χ4n) is 5.34. The number of aromatic nitrogens is 2. The maximum atomic E-state index is 13.9. The molecule has 2 aliphatic heterocycles. The van der Waals surface area contributed by atoms with Gasteiger partial charge in [-0.2, -0.15) is 0 Å². The first-order chi connectivity index (χ1) is 19.5. The molecule has 10 nitrogen and oxygen atoms in total. The minimum atomic E-state index is -1.57. The molecule has 0 saturated heterocycles. The number of nitrogens with one attached hydrogen (secondary N) is 1. The molecule has 0 aliphatic carbocycles. The van der Waals surface area contributed by atoms with Gasteiger partial charge in [0.1, 0.15) is 24.5 Å². The largest absolute Gasteiger partial charge is 0.460 e. The maximum Gasteiger partial charge on any atom is 0.326 e. The molecule has 0 radical (unpaired) electrons. The van der Waals surface area contributed by atoms with E-state index in [1.165, 1.54) is 11.5 Å². The molecule has 2 aromatic heterocycles. The van der Waals surface area contributed by atoms with E-state index in [4.69, 9.17) is 9.47 Å². The first-order valence-electron chi connectivity index (χ1n) is 13.2. The Labute approximate surface area is 232 Å². The minimum absolute atomic E-state index is 0.0459. The van der Waals surface area contributed by atoms with E-state index in [9.17, 15) is 32.8 Å². The third-order valence-electron chi connectivity index (χ3n) is 7.45. The van der Waals surface area contributed by atoms with Crippen LogP contribution in [0.25, 0.3) is 22.3 Å². The van der Waals surface area contributed by atoms with Gasteiger partial charge in [0.2, 0.25) is 5.91 Å². The highest BCUT2D eigenvalue weighted by molar-refractivity contribution is 5.85. The molecule has 0 spiro atoms. The number of rotatable bonds is 8. The van der Waals surface area contributed by atoms with Crippen LogP contribution in [-0.2, 0) is 47.4 Å². The van der Waals surface area contributed by atoms with E-state index < -0.39 is 47.2 Å². The second kappa shape index (κ2) is 10.8. The van der Waals surface area contributed by atoms with Gasteiger partial charge in [0.05, 0.1) is 35.4 Å². The summed E-state index contributed by atoms with van der Waals surface area (Å²) in [6.45, 7) is 2.42. The number of amides is 1. The Hall–Kier alpha value is -4.48. The van der Waals surface area contributed by atoms with Crippen molar-refractivity contribution in [3.05, 3.63) is 62.9 Å². The minimum Gasteiger partial charge on any atom is -0.460 e. The van der Waals surface area contributed by atoms with Gasteiger partial charge in [0, 0.05) is 35.4 Å². The van der Waals surface area contributed by atoms with Crippen molar-refractivity contribution in [1.29, 1.82) is 0 Å². The van der Waals surface area contributed by atoms with Crippen molar-refractivity contribution in [3.8, 4) is 11.4 Å². The number of esters is 2. The SMILES string of the molecule is CC[C@]1(OC(=O)CNC(=O)CCCC(C)=O)CC(=O)OCc2c1cc1n(c2=O)Cc2cc3cc(F)c(F)cc3nc2-1. The first kappa shape index (κ1) is 28.1. The number of Topliss-reactive ketones (excluding diaryl/α,β-unsaturated/α-hetero) is 1. The van der Waals surface area contributed by atoms with E-state index in [1.807, 2.05) is 0 Å². The van der Waals surface area contributed by atoms with Gasteiger partial charge in [-0.3, -0.25) is 19.2 Å². The Kier molecular flexibility index (Phi) is 7.41. The van der Waals surface area contributed by atoms with E-state index >= 15 is 0 Å². The Bertz CT molecular complexity index is 1680. The van der Waals surface area contributed by atoms with Crippen molar-refractivity contribution in [2.45, 2.75) is 64.7 Å². The summed E-state index contributed by atoms with van der Waals surface area (Å²) >= 11 is 0. The predicted molar refractivity (Wildman–Crippen MR) is 140 cm³/mol. The fraction of sp³-hybridized carbons (Fsp3) is 0.379. The zero-order chi connectivity index (χ0) is 29.5. The van der Waals surface area contributed by atoms with Crippen LogP contribution in [0.4, 0.5) is 8.78 Å². The number of nitrogens with zero attached hydrogens (tertiary/aromatic N) is 2. The molecule has 4 heterocycles. The molecule has 1 aromatic carbocycles. The highest BCUT2D eigenvalue weighted by Gasteiger charge is 2.44. The van der Waals surface area contributed by atoms with Crippen LogP contribution in [0.5, 0.6) is 0 Å². The highest BCUT2D eigenvalue weighted by Crippen LogP contribution is 2.41. The number of benzene rings is 1. The number of cyclic esters (lactones) is 1. The van der Waals surface area contributed by atoms with Crippen LogP contribution in [0.3, 0.4) is 0 Å². The number of fused-ring (bicyclic) bond motifs is 5. The lowest BCUT2D eigenvalue weighted by molar-refractivity contribution is -0.167. The number of carbonyl (C=O) groups excluding carboxylic acids is 4. The molecule has 12 heteroatoms. The van der Waals surface area contributed by atoms with Crippen LogP contribution >= 0.6 is 0 Å². The van der Waals surface area contributed by atoms with E-state index in [0.717, 1.165) is 12.1 Å². The third kappa shape index (κ3) is 5.33. The molecule has 0 saturated carbocycles. The molecule has 0 fully saturated rings. The van der Waals surface area contributed by atoms with Crippen molar-refractivity contribution < 1.29 is 37.4 Å². The number of ether oxygens (including phenoxy) is 2. The molecule has 41 heavy (non-hydrogen) atoms. The summed E-state index contributed by atoms with van der Waals surface area (Å²) < 4.78 is 40.3. The van der Waals surface area contributed by atoms with E-state index in [-0.39, 0.29) is 61.3 Å². The maximum absolute atomic E-state index is 13.9. The van der Waals surface area contributed by atoms with E-state index in [0.29, 0.717) is 28.8 Å². The summed E-state index contributed by atoms with van der Waals surface area (Å²) in [5.74, 6) is -4.04. The van der Waals surface area contributed by atoms with E-state index in [2.05, 4.69) is 10.3 Å². The van der Waals surface area contributed by atoms with Gasteiger partial charge in [-0.25, -0.2) is 13.8 Å². The molecule has 1 amide bonds. The van der Waals surface area contributed by atoms with Gasteiger partial charge >= 0.3 is 11.9 Å². The van der Waals surface area contributed by atoms with Gasteiger partial charge in [-0.1, -0.05) is 6.92 Å². The summed E-state index contributed by atoms with van der Waals surface area (Å²) in [6.07, 6.45) is 0.394. The lowest BCUT2D eigenvalue weighted by Crippen LogP contribution is -2.40. The van der Waals surface area contributed by atoms with Gasteiger partial charge in [-0.05, 0) is 38.0 Å². The zero-order valence-corrected chi connectivity index (χ0v) is 22.5. The van der Waals surface area contributed by atoms with Crippen molar-refractivity contribution in [2.75, 3.05) is 6.54 Å². The van der Waals surface area contributed by atoms with Gasteiger partial charge in [-0.15, -0.1) is 0 Å². The predicted octanol–water partition coefficient (Wildman–Crippen LogP) is 3.17. The van der Waals surface area contributed by atoms with Crippen molar-refractivity contribution in [3.63, 3.8) is 0 Å². The Morgan fingerprint density at radius 3 is 2.61 bits per heavy atom. The van der Waals surface area contributed by atoms with E-state index in [1.54, 1.807) is 19.1 Å². The average molecular weight is 568 g/mol. The van der Waals surface area contributed by atoms with Gasteiger partial charge in [0.25, 0.3) is 5.56 Å². The standard InChI is InChI=1S/C29H27F2N3O7/c1-3-29(41-26(38)12-32-24(36)6-4-5-15(2)35)11-25(37)40-14-18-19(29)9-23-27-17(13-34(23)28(18)39)7-16-8-20(30)21(31)10-22(16)33-27/h7-10H,3-6,11-14H2,1-2H3,(H,32,36)/t29-/m0/s1. The van der Waals surface area contributed by atoms with Crippen LogP contribution in [0, 0.1) is 11.6 Å². The average Bonchev–Trinajstić information content (AvgIpc) is 3.20. The normalized spacial score (nSPS) is 17.2. The number of hydrogen-bond donors (Lipinski definition) is 1. The van der Waals surface area contributed by atoms with Crippen LogP contribution in [0.1, 0.15) is 62.6 Å². The van der Waals surface area contributed by atoms with Gasteiger partial charge in [0.15, 0.2) is 11.6 Å². The smallest absolute Gasteiger partial charge is 0.326 e. The molecule has 1 atom stereocenters. The molecule has 214 valence electrons. The summed E-state index contributed by atoms with van der Waals surface area (Å²) in [5.41, 5.74) is -0.0531. The monoisotopic (exact) mass is 567 g/mol. The number of pyridine rings is 2. The Morgan fingerprint density at radius 2 is 1.88 bits per heavy atom. The lowest BCUT2D eigenvalue weighted by Gasteiger charge is -2.32. The molecule has 5 rings (SSSR count). The molecular weight excluding hydrogens is 540 g/mol. The number of hydrogen-bond acceptors (Lipinski definition) is 8. The second-order valence-corrected chi connectivity index (χ2v) is 10.3. The van der Waals surface area contributed by atoms with Crippen LogP contribution in [-0.4, -0.2) is 39.7 Å². The lowest BCUT2D eigenvalue weighted by atomic mass is 9.85. The number of halogens is 2. The van der Waals surface area contributed by atoms with Crippen molar-refractivity contribution in [2.24, 2.45) is 0 Å². The third-order valence-corrected chi connectivity index (χ3v) is 7.45. The Balaban J connectivity index is 1.50.